The van der Waals surface area contributed by atoms with Gasteiger partial charge in [0, 0.05) is 23.5 Å². The summed E-state index contributed by atoms with van der Waals surface area (Å²) >= 11 is 6.47. The van der Waals surface area contributed by atoms with Gasteiger partial charge in [-0.25, -0.2) is 8.42 Å². The number of rotatable bonds is 8. The maximum atomic E-state index is 11.5. The highest BCUT2D eigenvalue weighted by atomic mass is 35.5. The number of hydrogen-bond donors (Lipinski definition) is 0. The van der Waals surface area contributed by atoms with Crippen LogP contribution in [0.25, 0.3) is 27.7 Å². The maximum absolute atomic E-state index is 11.5. The fraction of sp³-hybridized carbons (Fsp3) is 0.250. The zero-order valence-electron chi connectivity index (χ0n) is 20.0. The van der Waals surface area contributed by atoms with E-state index < -0.39 is 9.84 Å². The van der Waals surface area contributed by atoms with E-state index in [9.17, 15) is 13.7 Å². The first kappa shape index (κ1) is 24.8. The van der Waals surface area contributed by atoms with Crippen molar-refractivity contribution in [3.63, 3.8) is 0 Å². The Kier molecular flexibility index (Phi) is 7.20. The van der Waals surface area contributed by atoms with E-state index in [0.29, 0.717) is 29.4 Å². The molecule has 1 aromatic heterocycles. The second-order valence-corrected chi connectivity index (χ2v) is 11.4. The number of nitriles is 1. The molecule has 0 saturated heterocycles. The molecule has 5 nitrogen and oxygen atoms in total. The van der Waals surface area contributed by atoms with E-state index in [0.717, 1.165) is 45.3 Å². The Morgan fingerprint density at radius 2 is 1.80 bits per heavy atom. The summed E-state index contributed by atoms with van der Waals surface area (Å²) in [5.41, 5.74) is 6.47. The lowest BCUT2D eigenvalue weighted by molar-refractivity contribution is 0.316. The van der Waals surface area contributed by atoms with Crippen molar-refractivity contribution in [2.75, 3.05) is 18.6 Å². The highest BCUT2D eigenvalue weighted by Gasteiger charge is 2.14. The zero-order valence-corrected chi connectivity index (χ0v) is 21.6. The number of aromatic nitrogens is 1. The van der Waals surface area contributed by atoms with Crippen molar-refractivity contribution >= 4 is 32.3 Å². The van der Waals surface area contributed by atoms with Crippen molar-refractivity contribution in [2.45, 2.75) is 26.7 Å². The van der Waals surface area contributed by atoms with Crippen LogP contribution in [0.15, 0.2) is 60.8 Å². The third-order valence-corrected chi connectivity index (χ3v) is 7.21. The summed E-state index contributed by atoms with van der Waals surface area (Å²) in [4.78, 5) is 0. The van der Waals surface area contributed by atoms with Gasteiger partial charge >= 0.3 is 0 Å². The third-order valence-electron chi connectivity index (χ3n) is 5.99. The van der Waals surface area contributed by atoms with E-state index in [2.05, 4.69) is 30.3 Å². The summed E-state index contributed by atoms with van der Waals surface area (Å²) in [6, 6.07) is 20.2. The summed E-state index contributed by atoms with van der Waals surface area (Å²) in [5.74, 6) is 0.574. The molecule has 0 radical (unpaired) electrons. The van der Waals surface area contributed by atoms with Crippen molar-refractivity contribution in [1.29, 1.82) is 5.26 Å². The first-order valence-corrected chi connectivity index (χ1v) is 13.9. The van der Waals surface area contributed by atoms with E-state index >= 15 is 0 Å². The van der Waals surface area contributed by atoms with Gasteiger partial charge in [-0.15, -0.1) is 0 Å². The summed E-state index contributed by atoms with van der Waals surface area (Å²) in [6.07, 6.45) is 4.58. The summed E-state index contributed by atoms with van der Waals surface area (Å²) in [6.45, 7) is 4.52. The first-order valence-electron chi connectivity index (χ1n) is 11.5. The molecule has 7 heteroatoms. The first-order chi connectivity index (χ1) is 16.7. The van der Waals surface area contributed by atoms with Crippen LogP contribution in [0.1, 0.15) is 30.0 Å². The standard InChI is InChI=1S/C28H27ClN2O3S/c1-4-12-34-28-24(18-30)16-25(17-26(28)29)31-11-9-23-15-22(7-8-27(23)31)21-6-5-20(19(2)14-21)10-13-35(3,32)33/h5-9,11,14-17H,4,10,12-13H2,1-3H3. The van der Waals surface area contributed by atoms with Crippen molar-refractivity contribution in [3.05, 3.63) is 82.5 Å². The van der Waals surface area contributed by atoms with Gasteiger partial charge in [0.25, 0.3) is 0 Å². The minimum atomic E-state index is -3.00. The average Bonchev–Trinajstić information content (AvgIpc) is 3.24. The molecular weight excluding hydrogens is 480 g/mol. The number of benzene rings is 3. The number of fused-ring (bicyclic) bond motifs is 1. The van der Waals surface area contributed by atoms with Crippen molar-refractivity contribution < 1.29 is 13.2 Å². The highest BCUT2D eigenvalue weighted by Crippen LogP contribution is 2.34. The molecule has 1 heterocycles. The second-order valence-electron chi connectivity index (χ2n) is 8.75. The normalized spacial score (nSPS) is 11.5. The highest BCUT2D eigenvalue weighted by molar-refractivity contribution is 7.90. The predicted octanol–water partition coefficient (Wildman–Crippen LogP) is 6.51. The number of hydrogen-bond acceptors (Lipinski definition) is 4. The monoisotopic (exact) mass is 506 g/mol. The molecule has 180 valence electrons. The predicted molar refractivity (Wildman–Crippen MR) is 142 cm³/mol. The topological polar surface area (TPSA) is 72.1 Å². The van der Waals surface area contributed by atoms with Gasteiger partial charge < -0.3 is 9.30 Å². The van der Waals surface area contributed by atoms with Gasteiger partial charge in [0.1, 0.15) is 15.9 Å². The fourth-order valence-electron chi connectivity index (χ4n) is 4.15. The fourth-order valence-corrected chi connectivity index (χ4v) is 5.01. The number of sulfone groups is 1. The lowest BCUT2D eigenvalue weighted by Crippen LogP contribution is -2.06. The molecule has 0 saturated carbocycles. The van der Waals surface area contributed by atoms with Crippen LogP contribution in [0.5, 0.6) is 5.75 Å². The van der Waals surface area contributed by atoms with Crippen molar-refractivity contribution in [1.82, 2.24) is 4.57 Å². The van der Waals surface area contributed by atoms with E-state index in [1.165, 1.54) is 6.26 Å². The smallest absolute Gasteiger partial charge is 0.155 e. The number of aryl methyl sites for hydroxylation is 2. The minimum Gasteiger partial charge on any atom is -0.491 e. The Hall–Kier alpha value is -3.27. The molecule has 0 aliphatic carbocycles. The molecule has 0 aliphatic heterocycles. The molecule has 3 aromatic carbocycles. The van der Waals surface area contributed by atoms with Gasteiger partial charge in [-0.1, -0.05) is 42.8 Å². The van der Waals surface area contributed by atoms with Gasteiger partial charge in [-0.3, -0.25) is 0 Å². The molecule has 4 rings (SSSR count). The van der Waals surface area contributed by atoms with Crippen LogP contribution in [0, 0.1) is 18.3 Å². The summed E-state index contributed by atoms with van der Waals surface area (Å²) < 4.78 is 30.7. The van der Waals surface area contributed by atoms with E-state index in [4.69, 9.17) is 16.3 Å². The van der Waals surface area contributed by atoms with Crippen LogP contribution in [0.3, 0.4) is 0 Å². The van der Waals surface area contributed by atoms with Crippen LogP contribution < -0.4 is 4.74 Å². The van der Waals surface area contributed by atoms with Crippen molar-refractivity contribution in [3.8, 4) is 28.6 Å². The zero-order chi connectivity index (χ0) is 25.2. The molecule has 0 unspecified atom stereocenters. The number of halogens is 1. The van der Waals surface area contributed by atoms with E-state index in [1.807, 2.05) is 48.9 Å². The molecule has 4 aromatic rings. The summed E-state index contributed by atoms with van der Waals surface area (Å²) in [7, 11) is -3.00. The van der Waals surface area contributed by atoms with Crippen LogP contribution >= 0.6 is 11.6 Å². The van der Waals surface area contributed by atoms with Gasteiger partial charge in [0.05, 0.1) is 28.5 Å². The Labute approximate surface area is 211 Å². The molecule has 0 spiro atoms. The van der Waals surface area contributed by atoms with Crippen LogP contribution in [-0.2, 0) is 16.3 Å². The summed E-state index contributed by atoms with van der Waals surface area (Å²) in [5, 5.41) is 11.1. The molecule has 0 amide bonds. The largest absolute Gasteiger partial charge is 0.491 e. The van der Waals surface area contributed by atoms with Gasteiger partial charge in [-0.2, -0.15) is 5.26 Å². The SMILES string of the molecule is CCCOc1c(Cl)cc(-n2ccc3cc(-c4ccc(CCS(C)(=O)=O)c(C)c4)ccc32)cc1C#N. The molecule has 0 fully saturated rings. The molecular formula is C28H27ClN2O3S. The molecule has 0 aliphatic rings. The van der Waals surface area contributed by atoms with Crippen molar-refractivity contribution in [2.24, 2.45) is 0 Å². The van der Waals surface area contributed by atoms with Gasteiger partial charge in [-0.05, 0) is 72.4 Å². The maximum Gasteiger partial charge on any atom is 0.155 e. The molecule has 35 heavy (non-hydrogen) atoms. The minimum absolute atomic E-state index is 0.149. The lowest BCUT2D eigenvalue weighted by atomic mass is 9.98. The second kappa shape index (κ2) is 10.2. The molecule has 0 atom stereocenters. The van der Waals surface area contributed by atoms with Gasteiger partial charge in [0.15, 0.2) is 5.75 Å². The Morgan fingerprint density at radius 1 is 1.06 bits per heavy atom. The van der Waals surface area contributed by atoms with Crippen LogP contribution in [-0.4, -0.2) is 31.6 Å². The van der Waals surface area contributed by atoms with Gasteiger partial charge in [0.2, 0.25) is 0 Å². The molecule has 0 bridgehead atoms. The average molecular weight is 507 g/mol. The van der Waals surface area contributed by atoms with Crippen LogP contribution in [0.2, 0.25) is 5.02 Å². The third kappa shape index (κ3) is 5.53. The molecule has 0 N–H and O–H groups in total. The van der Waals surface area contributed by atoms with E-state index in [-0.39, 0.29) is 5.75 Å². The Bertz CT molecular complexity index is 1550. The number of ether oxygens (including phenoxy) is 1. The van der Waals surface area contributed by atoms with Crippen LogP contribution in [0.4, 0.5) is 0 Å². The number of nitrogens with zero attached hydrogens (tertiary/aromatic N) is 2. The lowest BCUT2D eigenvalue weighted by Gasteiger charge is -2.13. The van der Waals surface area contributed by atoms with E-state index in [1.54, 1.807) is 6.07 Å². The quantitative estimate of drug-likeness (QED) is 0.273. The Morgan fingerprint density at radius 3 is 2.49 bits per heavy atom. The Balaban J connectivity index is 1.66.